The molecule has 1 aromatic carbocycles. The van der Waals surface area contributed by atoms with Gasteiger partial charge in [-0.05, 0) is 24.6 Å². The van der Waals surface area contributed by atoms with Crippen LogP contribution < -0.4 is 0 Å². The maximum Gasteiger partial charge on any atom is 0.354 e. The molecule has 1 aromatic heterocycles. The van der Waals surface area contributed by atoms with Crippen LogP contribution in [0.4, 0.5) is 0 Å². The Morgan fingerprint density at radius 2 is 1.94 bits per heavy atom. The predicted octanol–water partition coefficient (Wildman–Crippen LogP) is 2.78. The van der Waals surface area contributed by atoms with Gasteiger partial charge in [-0.2, -0.15) is 0 Å². The standard InChI is InChI=1S/C14H15NO2/c1-2-17-14(16)13-9-8-12(15-13)10-11-6-4-3-5-7-11/h3-9,15H,2,10H2,1H3. The minimum absolute atomic E-state index is 0.299. The highest BCUT2D eigenvalue weighted by atomic mass is 16.5. The summed E-state index contributed by atoms with van der Waals surface area (Å²) in [5, 5.41) is 0. The fourth-order valence-electron chi connectivity index (χ4n) is 1.69. The van der Waals surface area contributed by atoms with E-state index in [0.717, 1.165) is 12.1 Å². The molecule has 88 valence electrons. The molecule has 0 bridgehead atoms. The normalized spacial score (nSPS) is 10.2. The Morgan fingerprint density at radius 3 is 2.65 bits per heavy atom. The summed E-state index contributed by atoms with van der Waals surface area (Å²) < 4.78 is 4.92. The Labute approximate surface area is 100 Å². The SMILES string of the molecule is CCOC(=O)c1ccc(Cc2ccccc2)[nH]1. The van der Waals surface area contributed by atoms with Crippen LogP contribution in [0.15, 0.2) is 42.5 Å². The highest BCUT2D eigenvalue weighted by molar-refractivity contribution is 5.87. The average Bonchev–Trinajstić information content (AvgIpc) is 2.79. The van der Waals surface area contributed by atoms with Gasteiger partial charge in [0.25, 0.3) is 0 Å². The summed E-state index contributed by atoms with van der Waals surface area (Å²) in [7, 11) is 0. The highest BCUT2D eigenvalue weighted by Crippen LogP contribution is 2.10. The number of hydrogen-bond donors (Lipinski definition) is 1. The molecule has 2 aromatic rings. The lowest BCUT2D eigenvalue weighted by atomic mass is 10.1. The van der Waals surface area contributed by atoms with E-state index in [9.17, 15) is 4.79 Å². The molecule has 0 spiro atoms. The van der Waals surface area contributed by atoms with Crippen molar-refractivity contribution >= 4 is 5.97 Å². The summed E-state index contributed by atoms with van der Waals surface area (Å²) in [5.41, 5.74) is 2.74. The largest absolute Gasteiger partial charge is 0.461 e. The minimum Gasteiger partial charge on any atom is -0.461 e. The number of ether oxygens (including phenoxy) is 1. The maximum atomic E-state index is 11.5. The summed E-state index contributed by atoms with van der Waals surface area (Å²) in [5.74, 6) is -0.299. The lowest BCUT2D eigenvalue weighted by Gasteiger charge is -2.00. The molecule has 2 rings (SSSR count). The molecule has 0 unspecified atom stereocenters. The van der Waals surface area contributed by atoms with Crippen LogP contribution >= 0.6 is 0 Å². The minimum atomic E-state index is -0.299. The van der Waals surface area contributed by atoms with Crippen LogP contribution in [0.1, 0.15) is 28.7 Å². The van der Waals surface area contributed by atoms with Crippen molar-refractivity contribution < 1.29 is 9.53 Å². The fraction of sp³-hybridized carbons (Fsp3) is 0.214. The molecule has 0 amide bonds. The van der Waals surface area contributed by atoms with Crippen LogP contribution in [0.25, 0.3) is 0 Å². The van der Waals surface area contributed by atoms with Crippen LogP contribution in [-0.2, 0) is 11.2 Å². The zero-order valence-corrected chi connectivity index (χ0v) is 9.77. The molecule has 0 fully saturated rings. The van der Waals surface area contributed by atoms with Crippen molar-refractivity contribution in [1.82, 2.24) is 4.98 Å². The van der Waals surface area contributed by atoms with Gasteiger partial charge in [-0.25, -0.2) is 4.79 Å². The van der Waals surface area contributed by atoms with Crippen molar-refractivity contribution in [3.8, 4) is 0 Å². The van der Waals surface area contributed by atoms with Crippen molar-refractivity contribution in [1.29, 1.82) is 0 Å². The average molecular weight is 229 g/mol. The zero-order valence-electron chi connectivity index (χ0n) is 9.77. The topological polar surface area (TPSA) is 42.1 Å². The Morgan fingerprint density at radius 1 is 1.18 bits per heavy atom. The monoisotopic (exact) mass is 229 g/mol. The third kappa shape index (κ3) is 2.97. The molecule has 17 heavy (non-hydrogen) atoms. The first-order chi connectivity index (χ1) is 8.29. The van der Waals surface area contributed by atoms with Crippen LogP contribution in [0.5, 0.6) is 0 Å². The van der Waals surface area contributed by atoms with Crippen molar-refractivity contribution in [2.75, 3.05) is 6.61 Å². The number of carbonyl (C=O) groups excluding carboxylic acids is 1. The molecule has 0 saturated carbocycles. The summed E-state index contributed by atoms with van der Waals surface area (Å²) in [6.45, 7) is 2.19. The van der Waals surface area contributed by atoms with Crippen LogP contribution in [0, 0.1) is 0 Å². The molecule has 0 radical (unpaired) electrons. The number of H-pyrrole nitrogens is 1. The molecule has 0 aliphatic heterocycles. The molecular weight excluding hydrogens is 214 g/mol. The second-order valence-electron chi connectivity index (χ2n) is 3.78. The lowest BCUT2D eigenvalue weighted by Crippen LogP contribution is -2.05. The van der Waals surface area contributed by atoms with Gasteiger partial charge >= 0.3 is 5.97 Å². The smallest absolute Gasteiger partial charge is 0.354 e. The number of rotatable bonds is 4. The quantitative estimate of drug-likeness (QED) is 0.819. The summed E-state index contributed by atoms with van der Waals surface area (Å²) in [6.07, 6.45) is 0.792. The molecule has 0 aliphatic carbocycles. The molecule has 0 aliphatic rings. The highest BCUT2D eigenvalue weighted by Gasteiger charge is 2.08. The summed E-state index contributed by atoms with van der Waals surface area (Å²) in [4.78, 5) is 14.5. The number of esters is 1. The van der Waals surface area contributed by atoms with E-state index < -0.39 is 0 Å². The number of benzene rings is 1. The first-order valence-electron chi connectivity index (χ1n) is 5.68. The van der Waals surface area contributed by atoms with Crippen LogP contribution in [0.2, 0.25) is 0 Å². The third-order valence-electron chi connectivity index (χ3n) is 2.48. The van der Waals surface area contributed by atoms with Crippen molar-refractivity contribution in [3.63, 3.8) is 0 Å². The van der Waals surface area contributed by atoms with Gasteiger partial charge in [0.15, 0.2) is 0 Å². The fourth-order valence-corrected chi connectivity index (χ4v) is 1.69. The van der Waals surface area contributed by atoms with Gasteiger partial charge in [0.05, 0.1) is 6.61 Å². The van der Waals surface area contributed by atoms with Gasteiger partial charge < -0.3 is 9.72 Å². The summed E-state index contributed by atoms with van der Waals surface area (Å²) >= 11 is 0. The number of carbonyl (C=O) groups is 1. The summed E-state index contributed by atoms with van der Waals surface area (Å²) in [6, 6.07) is 13.8. The second-order valence-corrected chi connectivity index (χ2v) is 3.78. The van der Waals surface area contributed by atoms with Gasteiger partial charge in [0.1, 0.15) is 5.69 Å². The van der Waals surface area contributed by atoms with E-state index >= 15 is 0 Å². The van der Waals surface area contributed by atoms with Gasteiger partial charge in [0.2, 0.25) is 0 Å². The van der Waals surface area contributed by atoms with Crippen molar-refractivity contribution in [2.24, 2.45) is 0 Å². The van der Waals surface area contributed by atoms with Gasteiger partial charge in [-0.1, -0.05) is 30.3 Å². The number of aromatic amines is 1. The van der Waals surface area contributed by atoms with E-state index in [1.807, 2.05) is 24.3 Å². The first kappa shape index (κ1) is 11.5. The molecule has 0 saturated heterocycles. The van der Waals surface area contributed by atoms with E-state index in [0.29, 0.717) is 12.3 Å². The van der Waals surface area contributed by atoms with Crippen molar-refractivity contribution in [3.05, 3.63) is 59.4 Å². The Balaban J connectivity index is 2.06. The Hall–Kier alpha value is -2.03. The molecule has 3 heteroatoms. The third-order valence-corrected chi connectivity index (χ3v) is 2.48. The number of aromatic nitrogens is 1. The maximum absolute atomic E-state index is 11.5. The molecular formula is C14H15NO2. The number of nitrogens with one attached hydrogen (secondary N) is 1. The van der Waals surface area contributed by atoms with Crippen molar-refractivity contribution in [2.45, 2.75) is 13.3 Å². The second kappa shape index (κ2) is 5.34. The molecule has 0 atom stereocenters. The van der Waals surface area contributed by atoms with E-state index in [2.05, 4.69) is 17.1 Å². The van der Waals surface area contributed by atoms with E-state index in [1.54, 1.807) is 13.0 Å². The lowest BCUT2D eigenvalue weighted by molar-refractivity contribution is 0.0520. The molecule has 1 heterocycles. The van der Waals surface area contributed by atoms with Gasteiger partial charge in [-0.15, -0.1) is 0 Å². The molecule has 3 nitrogen and oxygen atoms in total. The van der Waals surface area contributed by atoms with Gasteiger partial charge in [0, 0.05) is 12.1 Å². The zero-order chi connectivity index (χ0) is 12.1. The molecule has 1 N–H and O–H groups in total. The van der Waals surface area contributed by atoms with Crippen LogP contribution in [-0.4, -0.2) is 17.6 Å². The van der Waals surface area contributed by atoms with E-state index in [-0.39, 0.29) is 5.97 Å². The van der Waals surface area contributed by atoms with Crippen LogP contribution in [0.3, 0.4) is 0 Å². The Kier molecular flexibility index (Phi) is 3.60. The Bertz CT molecular complexity index is 488. The predicted molar refractivity (Wildman–Crippen MR) is 66.0 cm³/mol. The van der Waals surface area contributed by atoms with Gasteiger partial charge in [-0.3, -0.25) is 0 Å². The van der Waals surface area contributed by atoms with E-state index in [1.165, 1.54) is 5.56 Å². The van der Waals surface area contributed by atoms with E-state index in [4.69, 9.17) is 4.74 Å². The number of hydrogen-bond acceptors (Lipinski definition) is 2. The first-order valence-corrected chi connectivity index (χ1v) is 5.68.